The molecule has 2 aromatic rings. The summed E-state index contributed by atoms with van der Waals surface area (Å²) in [5.74, 6) is -2.58. The van der Waals surface area contributed by atoms with Crippen molar-refractivity contribution in [1.29, 1.82) is 0 Å². The zero-order valence-electron chi connectivity index (χ0n) is 13.9. The van der Waals surface area contributed by atoms with Gasteiger partial charge >= 0.3 is 0 Å². The van der Waals surface area contributed by atoms with Gasteiger partial charge < -0.3 is 10.1 Å². The van der Waals surface area contributed by atoms with E-state index >= 15 is 0 Å². The first-order chi connectivity index (χ1) is 12.8. The zero-order valence-corrected chi connectivity index (χ0v) is 15.5. The van der Waals surface area contributed by atoms with Gasteiger partial charge in [-0.15, -0.1) is 0 Å². The molecule has 0 bridgehead atoms. The lowest BCUT2D eigenvalue weighted by Crippen LogP contribution is -2.40. The number of sulfonamides is 1. The summed E-state index contributed by atoms with van der Waals surface area (Å²) in [5.41, 5.74) is -0.110. The van der Waals surface area contributed by atoms with Crippen LogP contribution in [0.2, 0.25) is 5.02 Å². The third kappa shape index (κ3) is 4.44. The van der Waals surface area contributed by atoms with Crippen molar-refractivity contribution in [2.45, 2.75) is 4.90 Å². The number of anilines is 1. The van der Waals surface area contributed by atoms with Crippen LogP contribution in [0.25, 0.3) is 0 Å². The molecule has 0 spiro atoms. The van der Waals surface area contributed by atoms with Gasteiger partial charge in [0.2, 0.25) is 10.0 Å². The molecule has 0 radical (unpaired) electrons. The Morgan fingerprint density at radius 2 is 1.70 bits per heavy atom. The minimum atomic E-state index is -3.88. The van der Waals surface area contributed by atoms with E-state index in [1.165, 1.54) is 22.5 Å². The van der Waals surface area contributed by atoms with Crippen LogP contribution >= 0.6 is 11.6 Å². The number of nitrogens with zero attached hydrogens (tertiary/aromatic N) is 1. The second-order valence-electron chi connectivity index (χ2n) is 5.77. The fraction of sp³-hybridized carbons (Fsp3) is 0.235. The van der Waals surface area contributed by atoms with E-state index in [-0.39, 0.29) is 47.5 Å². The number of hydrogen-bond donors (Lipinski definition) is 1. The molecular weight excluding hydrogens is 402 g/mol. The summed E-state index contributed by atoms with van der Waals surface area (Å²) >= 11 is 6.05. The van der Waals surface area contributed by atoms with E-state index in [9.17, 15) is 22.0 Å². The van der Waals surface area contributed by atoms with Gasteiger partial charge in [0.15, 0.2) is 0 Å². The molecule has 10 heteroatoms. The van der Waals surface area contributed by atoms with Crippen molar-refractivity contribution < 1.29 is 26.7 Å². The number of amides is 1. The first-order valence-electron chi connectivity index (χ1n) is 7.92. The fourth-order valence-electron chi connectivity index (χ4n) is 2.59. The number of benzene rings is 2. The highest BCUT2D eigenvalue weighted by molar-refractivity contribution is 7.89. The Balaban J connectivity index is 1.87. The van der Waals surface area contributed by atoms with E-state index < -0.39 is 27.6 Å². The minimum Gasteiger partial charge on any atom is -0.379 e. The van der Waals surface area contributed by atoms with Gasteiger partial charge in [0.1, 0.15) is 16.5 Å². The van der Waals surface area contributed by atoms with Gasteiger partial charge in [-0.1, -0.05) is 11.6 Å². The number of carbonyl (C=O) groups is 1. The Hall–Kier alpha value is -2.07. The van der Waals surface area contributed by atoms with Crippen molar-refractivity contribution in [3.8, 4) is 0 Å². The highest BCUT2D eigenvalue weighted by atomic mass is 35.5. The molecule has 1 aliphatic rings. The lowest BCUT2D eigenvalue weighted by atomic mass is 10.2. The van der Waals surface area contributed by atoms with E-state index in [4.69, 9.17) is 16.3 Å². The molecule has 0 aromatic heterocycles. The van der Waals surface area contributed by atoms with E-state index in [0.29, 0.717) is 6.07 Å². The molecule has 0 atom stereocenters. The molecule has 1 fully saturated rings. The molecular formula is C17H15ClF2N2O4S. The van der Waals surface area contributed by atoms with Gasteiger partial charge in [-0.05, 0) is 30.3 Å². The number of ether oxygens (including phenoxy) is 1. The number of halogens is 3. The molecule has 6 nitrogen and oxygen atoms in total. The first kappa shape index (κ1) is 19.7. The summed E-state index contributed by atoms with van der Waals surface area (Å²) in [6, 6.07) is 6.33. The quantitative estimate of drug-likeness (QED) is 0.831. The van der Waals surface area contributed by atoms with Gasteiger partial charge in [-0.25, -0.2) is 17.2 Å². The van der Waals surface area contributed by atoms with Crippen LogP contribution in [0, 0.1) is 11.6 Å². The third-order valence-electron chi connectivity index (χ3n) is 3.90. The topological polar surface area (TPSA) is 75.7 Å². The molecule has 0 aliphatic carbocycles. The zero-order chi connectivity index (χ0) is 19.6. The maximum absolute atomic E-state index is 13.3. The number of nitrogens with one attached hydrogen (secondary N) is 1. The van der Waals surface area contributed by atoms with Crippen LogP contribution in [0.5, 0.6) is 0 Å². The number of rotatable bonds is 4. The predicted molar refractivity (Wildman–Crippen MR) is 95.3 cm³/mol. The molecule has 1 heterocycles. The number of carbonyl (C=O) groups excluding carboxylic acids is 1. The van der Waals surface area contributed by atoms with Crippen molar-refractivity contribution in [2.75, 3.05) is 31.6 Å². The highest BCUT2D eigenvalue weighted by Gasteiger charge is 2.28. The van der Waals surface area contributed by atoms with E-state index in [0.717, 1.165) is 12.1 Å². The molecule has 1 saturated heterocycles. The Morgan fingerprint density at radius 3 is 2.33 bits per heavy atom. The fourth-order valence-corrected chi connectivity index (χ4v) is 4.50. The van der Waals surface area contributed by atoms with Gasteiger partial charge in [0.25, 0.3) is 5.91 Å². The molecule has 0 saturated carbocycles. The van der Waals surface area contributed by atoms with Crippen LogP contribution in [0.1, 0.15) is 10.4 Å². The highest BCUT2D eigenvalue weighted by Crippen LogP contribution is 2.28. The molecule has 1 N–H and O–H groups in total. The summed E-state index contributed by atoms with van der Waals surface area (Å²) in [6.45, 7) is 0.937. The number of hydrogen-bond acceptors (Lipinski definition) is 4. The first-order valence-corrected chi connectivity index (χ1v) is 9.74. The molecule has 144 valence electrons. The Bertz CT molecular complexity index is 959. The Kier molecular flexibility index (Phi) is 5.75. The molecule has 0 unspecified atom stereocenters. The Morgan fingerprint density at radius 1 is 1.07 bits per heavy atom. The molecule has 1 aliphatic heterocycles. The van der Waals surface area contributed by atoms with E-state index in [1.807, 2.05) is 0 Å². The summed E-state index contributed by atoms with van der Waals surface area (Å²) in [7, 11) is -3.88. The van der Waals surface area contributed by atoms with Crippen LogP contribution in [0.3, 0.4) is 0 Å². The smallest absolute Gasteiger partial charge is 0.255 e. The normalized spacial score (nSPS) is 15.5. The minimum absolute atomic E-state index is 0.00343. The van der Waals surface area contributed by atoms with Crippen LogP contribution < -0.4 is 5.32 Å². The molecule has 2 aromatic carbocycles. The maximum atomic E-state index is 13.3. The van der Waals surface area contributed by atoms with Crippen molar-refractivity contribution in [3.63, 3.8) is 0 Å². The van der Waals surface area contributed by atoms with Crippen LogP contribution in [-0.2, 0) is 14.8 Å². The van der Waals surface area contributed by atoms with Crippen LogP contribution in [-0.4, -0.2) is 44.9 Å². The Labute approximate surface area is 159 Å². The van der Waals surface area contributed by atoms with Gasteiger partial charge in [0, 0.05) is 30.4 Å². The summed E-state index contributed by atoms with van der Waals surface area (Å²) < 4.78 is 58.5. The summed E-state index contributed by atoms with van der Waals surface area (Å²) in [5, 5.41) is 2.41. The van der Waals surface area contributed by atoms with Gasteiger partial charge in [-0.2, -0.15) is 4.31 Å². The molecule has 27 heavy (non-hydrogen) atoms. The van der Waals surface area contributed by atoms with Gasteiger partial charge in [-0.3, -0.25) is 4.79 Å². The van der Waals surface area contributed by atoms with E-state index in [1.54, 1.807) is 0 Å². The van der Waals surface area contributed by atoms with Crippen molar-refractivity contribution >= 4 is 33.2 Å². The van der Waals surface area contributed by atoms with E-state index in [2.05, 4.69) is 5.32 Å². The standard InChI is InChI=1S/C17H15ClF2N2O4S/c18-15-2-1-14(21-17(23)11-7-12(19)9-13(20)8-11)10-16(15)27(24,25)22-3-5-26-6-4-22/h1-2,7-10H,3-6H2,(H,21,23). The van der Waals surface area contributed by atoms with Crippen molar-refractivity contribution in [3.05, 3.63) is 58.6 Å². The van der Waals surface area contributed by atoms with Gasteiger partial charge in [0.05, 0.1) is 18.2 Å². The monoisotopic (exact) mass is 416 g/mol. The lowest BCUT2D eigenvalue weighted by Gasteiger charge is -2.26. The second-order valence-corrected chi connectivity index (χ2v) is 8.09. The predicted octanol–water partition coefficient (Wildman–Crippen LogP) is 2.89. The largest absolute Gasteiger partial charge is 0.379 e. The molecule has 3 rings (SSSR count). The van der Waals surface area contributed by atoms with Crippen molar-refractivity contribution in [1.82, 2.24) is 4.31 Å². The summed E-state index contributed by atoms with van der Waals surface area (Å²) in [4.78, 5) is 12.0. The lowest BCUT2D eigenvalue weighted by molar-refractivity contribution is 0.0730. The van der Waals surface area contributed by atoms with Crippen molar-refractivity contribution in [2.24, 2.45) is 0 Å². The van der Waals surface area contributed by atoms with Crippen LogP contribution in [0.4, 0.5) is 14.5 Å². The average Bonchev–Trinajstić information content (AvgIpc) is 2.63. The molecule has 1 amide bonds. The maximum Gasteiger partial charge on any atom is 0.255 e. The average molecular weight is 417 g/mol. The number of morpholine rings is 1. The van der Waals surface area contributed by atoms with Crippen LogP contribution in [0.15, 0.2) is 41.3 Å². The second kappa shape index (κ2) is 7.89. The third-order valence-corrected chi connectivity index (χ3v) is 6.28. The summed E-state index contributed by atoms with van der Waals surface area (Å²) in [6.07, 6.45) is 0. The SMILES string of the molecule is O=C(Nc1ccc(Cl)c(S(=O)(=O)N2CCOCC2)c1)c1cc(F)cc(F)c1.